The standard InChI is InChI=1S/C19H29N3O5/c1-12(18(23)14-7-8-16-17(10-14)26-11-25-16)22(3)13(2)27-19(24)15(21)6-4-5-9-20/h7-8,10,12-13,15H,4-6,9,11,20-21H2,1-3H3. The van der Waals surface area contributed by atoms with Gasteiger partial charge in [-0.3, -0.25) is 14.5 Å². The number of nitrogens with zero attached hydrogens (tertiary/aromatic N) is 1. The van der Waals surface area contributed by atoms with Crippen LogP contribution in [0.25, 0.3) is 0 Å². The van der Waals surface area contributed by atoms with Crippen LogP contribution >= 0.6 is 0 Å². The Labute approximate surface area is 159 Å². The first-order valence-corrected chi connectivity index (χ1v) is 9.17. The van der Waals surface area contributed by atoms with Gasteiger partial charge < -0.3 is 25.7 Å². The Morgan fingerprint density at radius 1 is 1.22 bits per heavy atom. The molecule has 0 aliphatic carbocycles. The molecule has 4 N–H and O–H groups in total. The molecule has 0 amide bonds. The molecule has 1 aromatic rings. The quantitative estimate of drug-likeness (QED) is 0.270. The summed E-state index contributed by atoms with van der Waals surface area (Å²) in [5.41, 5.74) is 11.8. The minimum Gasteiger partial charge on any atom is -0.454 e. The number of Topliss-reactive ketones (excluding diaryl/α,β-unsaturated/α-hetero) is 1. The molecule has 27 heavy (non-hydrogen) atoms. The zero-order valence-corrected chi connectivity index (χ0v) is 16.1. The van der Waals surface area contributed by atoms with E-state index in [9.17, 15) is 9.59 Å². The van der Waals surface area contributed by atoms with Gasteiger partial charge in [-0.1, -0.05) is 6.42 Å². The van der Waals surface area contributed by atoms with E-state index in [2.05, 4.69) is 0 Å². The number of unbranched alkanes of at least 4 members (excludes halogenated alkanes) is 1. The van der Waals surface area contributed by atoms with Crippen molar-refractivity contribution in [1.29, 1.82) is 0 Å². The highest BCUT2D eigenvalue weighted by Crippen LogP contribution is 2.33. The molecule has 1 heterocycles. The molecule has 0 saturated carbocycles. The van der Waals surface area contributed by atoms with Gasteiger partial charge in [0, 0.05) is 5.56 Å². The first kappa shape index (κ1) is 21.1. The Morgan fingerprint density at radius 2 is 1.93 bits per heavy atom. The summed E-state index contributed by atoms with van der Waals surface area (Å²) in [5.74, 6) is 0.595. The average molecular weight is 379 g/mol. The largest absolute Gasteiger partial charge is 0.454 e. The van der Waals surface area contributed by atoms with Gasteiger partial charge >= 0.3 is 5.97 Å². The summed E-state index contributed by atoms with van der Waals surface area (Å²) in [6.45, 7) is 4.20. The lowest BCUT2D eigenvalue weighted by molar-refractivity contribution is -0.159. The van der Waals surface area contributed by atoms with E-state index in [1.54, 1.807) is 44.0 Å². The molecule has 1 aromatic carbocycles. The predicted octanol–water partition coefficient (Wildman–Crippen LogP) is 1.26. The first-order valence-electron chi connectivity index (χ1n) is 9.17. The number of rotatable bonds is 10. The molecule has 8 heteroatoms. The second-order valence-electron chi connectivity index (χ2n) is 6.70. The second kappa shape index (κ2) is 9.68. The summed E-state index contributed by atoms with van der Waals surface area (Å²) >= 11 is 0. The molecule has 0 fully saturated rings. The number of hydrogen-bond donors (Lipinski definition) is 2. The third-order valence-corrected chi connectivity index (χ3v) is 4.78. The van der Waals surface area contributed by atoms with Crippen molar-refractivity contribution in [2.24, 2.45) is 11.5 Å². The molecular weight excluding hydrogens is 350 g/mol. The van der Waals surface area contributed by atoms with Crippen LogP contribution in [0.5, 0.6) is 11.5 Å². The summed E-state index contributed by atoms with van der Waals surface area (Å²) in [5, 5.41) is 0. The third-order valence-electron chi connectivity index (χ3n) is 4.78. The fraction of sp³-hybridized carbons (Fsp3) is 0.579. The van der Waals surface area contributed by atoms with Gasteiger partial charge in [-0.2, -0.15) is 0 Å². The van der Waals surface area contributed by atoms with Gasteiger partial charge in [0.25, 0.3) is 0 Å². The molecule has 0 radical (unpaired) electrons. The molecule has 8 nitrogen and oxygen atoms in total. The van der Waals surface area contributed by atoms with Crippen LogP contribution in [0.1, 0.15) is 43.5 Å². The lowest BCUT2D eigenvalue weighted by atomic mass is 10.0. The molecule has 3 unspecified atom stereocenters. The van der Waals surface area contributed by atoms with Crippen molar-refractivity contribution in [3.63, 3.8) is 0 Å². The van der Waals surface area contributed by atoms with E-state index in [-0.39, 0.29) is 12.6 Å². The zero-order valence-electron chi connectivity index (χ0n) is 16.1. The number of likely N-dealkylation sites (N-methyl/N-ethyl adjacent to an activating group) is 1. The fourth-order valence-corrected chi connectivity index (χ4v) is 2.76. The van der Waals surface area contributed by atoms with Crippen LogP contribution in [-0.2, 0) is 9.53 Å². The first-order chi connectivity index (χ1) is 12.8. The monoisotopic (exact) mass is 379 g/mol. The van der Waals surface area contributed by atoms with Gasteiger partial charge in [0.05, 0.1) is 6.04 Å². The van der Waals surface area contributed by atoms with Crippen molar-refractivity contribution in [2.45, 2.75) is 51.4 Å². The maximum absolute atomic E-state index is 12.8. The van der Waals surface area contributed by atoms with Gasteiger partial charge in [-0.15, -0.1) is 0 Å². The molecule has 150 valence electrons. The Balaban J connectivity index is 1.92. The smallest absolute Gasteiger partial charge is 0.324 e. The summed E-state index contributed by atoms with van der Waals surface area (Å²) in [6, 6.07) is 3.89. The zero-order chi connectivity index (χ0) is 20.0. The van der Waals surface area contributed by atoms with Crippen LogP contribution in [0.15, 0.2) is 18.2 Å². The molecule has 0 saturated heterocycles. The van der Waals surface area contributed by atoms with Gasteiger partial charge in [-0.25, -0.2) is 0 Å². The van der Waals surface area contributed by atoms with Crippen LogP contribution in [-0.4, -0.2) is 55.3 Å². The summed E-state index contributed by atoms with van der Waals surface area (Å²) in [6.07, 6.45) is 1.53. The number of benzene rings is 1. The molecular formula is C19H29N3O5. The molecule has 1 aliphatic rings. The summed E-state index contributed by atoms with van der Waals surface area (Å²) < 4.78 is 16.0. The summed E-state index contributed by atoms with van der Waals surface area (Å²) in [4.78, 5) is 26.6. The highest BCUT2D eigenvalue weighted by molar-refractivity contribution is 6.00. The SMILES string of the molecule is CC(OC(=O)C(N)CCCCN)N(C)C(C)C(=O)c1ccc2c(c1)OCO2. The average Bonchev–Trinajstić information content (AvgIpc) is 3.13. The third kappa shape index (κ3) is 5.41. The molecule has 0 spiro atoms. The van der Waals surface area contributed by atoms with E-state index >= 15 is 0 Å². The van der Waals surface area contributed by atoms with Crippen molar-refractivity contribution in [3.05, 3.63) is 23.8 Å². The van der Waals surface area contributed by atoms with Crippen molar-refractivity contribution in [1.82, 2.24) is 4.90 Å². The highest BCUT2D eigenvalue weighted by Gasteiger charge is 2.28. The number of ketones is 1. The van der Waals surface area contributed by atoms with Crippen molar-refractivity contribution >= 4 is 11.8 Å². The van der Waals surface area contributed by atoms with Gasteiger partial charge in [-0.05, 0) is 58.5 Å². The minimum atomic E-state index is -0.688. The number of fused-ring (bicyclic) bond motifs is 1. The highest BCUT2D eigenvalue weighted by atomic mass is 16.7. The summed E-state index contributed by atoms with van der Waals surface area (Å²) in [7, 11) is 1.73. The predicted molar refractivity (Wildman–Crippen MR) is 101 cm³/mol. The number of nitrogens with two attached hydrogens (primary N) is 2. The van der Waals surface area contributed by atoms with E-state index in [1.165, 1.54) is 0 Å². The molecule has 2 rings (SSSR count). The van der Waals surface area contributed by atoms with Gasteiger partial charge in [0.15, 0.2) is 23.5 Å². The van der Waals surface area contributed by atoms with Crippen LogP contribution in [0.2, 0.25) is 0 Å². The van der Waals surface area contributed by atoms with E-state index in [0.717, 1.165) is 12.8 Å². The van der Waals surface area contributed by atoms with E-state index in [0.29, 0.717) is 30.0 Å². The maximum Gasteiger partial charge on any atom is 0.324 e. The number of carbonyl (C=O) groups excluding carboxylic acids is 2. The van der Waals surface area contributed by atoms with E-state index in [4.69, 9.17) is 25.7 Å². The van der Waals surface area contributed by atoms with E-state index < -0.39 is 24.3 Å². The number of esters is 1. The van der Waals surface area contributed by atoms with Crippen molar-refractivity contribution in [2.75, 3.05) is 20.4 Å². The topological polar surface area (TPSA) is 117 Å². The van der Waals surface area contributed by atoms with Crippen LogP contribution in [0.4, 0.5) is 0 Å². The van der Waals surface area contributed by atoms with E-state index in [1.807, 2.05) is 0 Å². The molecule has 0 bridgehead atoms. The Bertz CT molecular complexity index is 667. The minimum absolute atomic E-state index is 0.106. The Morgan fingerprint density at radius 3 is 2.63 bits per heavy atom. The second-order valence-corrected chi connectivity index (χ2v) is 6.70. The van der Waals surface area contributed by atoms with Crippen LogP contribution in [0, 0.1) is 0 Å². The molecule has 1 aliphatic heterocycles. The molecule has 3 atom stereocenters. The van der Waals surface area contributed by atoms with Crippen LogP contribution < -0.4 is 20.9 Å². The Hall–Kier alpha value is -2.16. The number of carbonyl (C=O) groups is 2. The molecule has 0 aromatic heterocycles. The fourth-order valence-electron chi connectivity index (χ4n) is 2.76. The lowest BCUT2D eigenvalue weighted by Crippen LogP contribution is -2.46. The lowest BCUT2D eigenvalue weighted by Gasteiger charge is -2.30. The van der Waals surface area contributed by atoms with Crippen LogP contribution in [0.3, 0.4) is 0 Å². The maximum atomic E-state index is 12.8. The normalized spacial score (nSPS) is 16.1. The number of ether oxygens (including phenoxy) is 3. The van der Waals surface area contributed by atoms with Crippen molar-refractivity contribution < 1.29 is 23.8 Å². The van der Waals surface area contributed by atoms with Gasteiger partial charge in [0.1, 0.15) is 6.04 Å². The van der Waals surface area contributed by atoms with Crippen molar-refractivity contribution in [3.8, 4) is 11.5 Å². The number of hydrogen-bond acceptors (Lipinski definition) is 8. The van der Waals surface area contributed by atoms with Gasteiger partial charge in [0.2, 0.25) is 6.79 Å². The Kier molecular flexibility index (Phi) is 7.58.